The van der Waals surface area contributed by atoms with Crippen LogP contribution in [0.4, 0.5) is 0 Å². The Hall–Kier alpha value is -4.38. The van der Waals surface area contributed by atoms with Crippen molar-refractivity contribution in [2.75, 3.05) is 19.8 Å². The molecule has 0 spiro atoms. The fourth-order valence-electron chi connectivity index (χ4n) is 5.34. The molecule has 1 aliphatic rings. The normalized spacial score (nSPS) is 16.9. The Morgan fingerprint density at radius 3 is 2.49 bits per heavy atom. The van der Waals surface area contributed by atoms with E-state index in [9.17, 15) is 4.79 Å². The van der Waals surface area contributed by atoms with Gasteiger partial charge in [-0.1, -0.05) is 87.2 Å². The van der Waals surface area contributed by atoms with E-state index in [0.29, 0.717) is 53.8 Å². The molecule has 2 atom stereocenters. The molecule has 4 aromatic rings. The van der Waals surface area contributed by atoms with Crippen molar-refractivity contribution in [1.29, 1.82) is 0 Å². The van der Waals surface area contributed by atoms with Gasteiger partial charge in [0.2, 0.25) is 5.90 Å². The topological polar surface area (TPSA) is 141 Å². The second-order valence-electron chi connectivity index (χ2n) is 10.9. The number of aliphatic imine (C=N–C) groups is 1. The third-order valence-corrected chi connectivity index (χ3v) is 8.77. The van der Waals surface area contributed by atoms with E-state index in [-0.39, 0.29) is 25.5 Å². The molecule has 10 nitrogen and oxygen atoms in total. The Morgan fingerprint density at radius 2 is 1.77 bits per heavy atom. The van der Waals surface area contributed by atoms with E-state index in [0.717, 1.165) is 21.2 Å². The highest BCUT2D eigenvalue weighted by Gasteiger charge is 2.54. The molecule has 12 heteroatoms. The number of azide groups is 1. The van der Waals surface area contributed by atoms with Crippen LogP contribution in [0.3, 0.4) is 0 Å². The smallest absolute Gasteiger partial charge is 0.266 e. The zero-order chi connectivity index (χ0) is 33.1. The van der Waals surface area contributed by atoms with Gasteiger partial charge in [0.1, 0.15) is 5.75 Å². The Kier molecular flexibility index (Phi) is 11.9. The summed E-state index contributed by atoms with van der Waals surface area (Å²) in [6.45, 7) is 0.972. The Labute approximate surface area is 286 Å². The number of hydrogen-bond donors (Lipinski definition) is 3. The number of hydrazine groups is 1. The molecule has 0 saturated heterocycles. The first kappa shape index (κ1) is 34.0. The fourth-order valence-corrected chi connectivity index (χ4v) is 5.89. The van der Waals surface area contributed by atoms with Crippen molar-refractivity contribution in [2.24, 2.45) is 10.1 Å². The van der Waals surface area contributed by atoms with E-state index in [4.69, 9.17) is 36.7 Å². The maximum absolute atomic E-state index is 14.5. The summed E-state index contributed by atoms with van der Waals surface area (Å²) >= 11 is 9.69. The number of amides is 1. The molecule has 4 aromatic carbocycles. The maximum atomic E-state index is 14.5. The summed E-state index contributed by atoms with van der Waals surface area (Å²) in [6, 6.07) is 30.0. The van der Waals surface area contributed by atoms with Crippen molar-refractivity contribution in [3.63, 3.8) is 0 Å². The third-order valence-electron chi connectivity index (χ3n) is 7.74. The lowest BCUT2D eigenvalue weighted by molar-refractivity contribution is -0.130. The first-order valence-corrected chi connectivity index (χ1v) is 16.3. The molecule has 0 aromatic heterocycles. The number of aliphatic hydroxyl groups excluding tert-OH is 1. The van der Waals surface area contributed by atoms with Crippen molar-refractivity contribution >= 4 is 39.3 Å². The largest absolute Gasteiger partial charge is 0.494 e. The average Bonchev–Trinajstić information content (AvgIpc) is 3.48. The molecule has 3 N–H and O–H groups in total. The maximum Gasteiger partial charge on any atom is 0.266 e. The lowest BCUT2D eigenvalue weighted by atomic mass is 9.80. The number of nitrogens with one attached hydrogen (secondary N) is 2. The van der Waals surface area contributed by atoms with E-state index in [2.05, 4.69) is 36.8 Å². The Bertz CT molecular complexity index is 1750. The number of carbonyl (C=O) groups excluding carboxylic acids is 1. The highest BCUT2D eigenvalue weighted by Crippen LogP contribution is 2.44. The molecule has 1 aliphatic heterocycles. The molecule has 0 radical (unpaired) electrons. The third kappa shape index (κ3) is 8.51. The molecule has 0 unspecified atom stereocenters. The highest BCUT2D eigenvalue weighted by molar-refractivity contribution is 9.10. The van der Waals surface area contributed by atoms with Crippen LogP contribution >= 0.6 is 27.5 Å². The standard InChI is InChI=1S/C35H34BrClN6O4/c36-31-9-4-2-6-26(31)22-35(34(45)42-39-19-18-24-10-14-28(37)15-11-24)32(30-8-3-1-7-27(30)23-40-43-38)47-33(41-35)25-12-16-29(17-13-25)46-21-5-20-44/h1-4,6-17,32,39,44H,5,18-23H2,(H,42,45)/t32-,35-/m0/s1. The second kappa shape index (κ2) is 16.4. The first-order chi connectivity index (χ1) is 22.9. The number of ether oxygens (including phenoxy) is 2. The van der Waals surface area contributed by atoms with Crippen molar-refractivity contribution in [3.05, 3.63) is 145 Å². The SMILES string of the molecule is [N-]=[N+]=NCc1ccccc1[C@@H]1OC(c2ccc(OCCCO)cc2)=N[C@]1(Cc1ccccc1Br)C(=O)NNCCc1ccc(Cl)cc1. The molecule has 1 heterocycles. The summed E-state index contributed by atoms with van der Waals surface area (Å²) in [4.78, 5) is 22.6. The van der Waals surface area contributed by atoms with Crippen LogP contribution in [0.25, 0.3) is 10.4 Å². The van der Waals surface area contributed by atoms with Gasteiger partial charge >= 0.3 is 0 Å². The van der Waals surface area contributed by atoms with Gasteiger partial charge in [-0.05, 0) is 76.7 Å². The summed E-state index contributed by atoms with van der Waals surface area (Å²) < 4.78 is 13.2. The lowest BCUT2D eigenvalue weighted by Gasteiger charge is -2.32. The number of nitrogens with zero attached hydrogens (tertiary/aromatic N) is 4. The number of rotatable bonds is 15. The van der Waals surface area contributed by atoms with E-state index >= 15 is 0 Å². The number of hydrogen-bond acceptors (Lipinski definition) is 7. The van der Waals surface area contributed by atoms with Crippen molar-refractivity contribution in [3.8, 4) is 5.75 Å². The van der Waals surface area contributed by atoms with E-state index in [1.807, 2.05) is 84.9 Å². The van der Waals surface area contributed by atoms with E-state index < -0.39 is 11.6 Å². The zero-order valence-electron chi connectivity index (χ0n) is 25.5. The number of benzene rings is 4. The van der Waals surface area contributed by atoms with Crippen molar-refractivity contribution < 1.29 is 19.4 Å². The predicted molar refractivity (Wildman–Crippen MR) is 185 cm³/mol. The Balaban J connectivity index is 1.53. The van der Waals surface area contributed by atoms with Crippen LogP contribution < -0.4 is 15.6 Å². The van der Waals surface area contributed by atoms with Gasteiger partial charge in [-0.2, -0.15) is 0 Å². The number of carbonyl (C=O) groups is 1. The minimum absolute atomic E-state index is 0.0446. The average molecular weight is 718 g/mol. The first-order valence-electron chi connectivity index (χ1n) is 15.1. The molecular formula is C35H34BrClN6O4. The molecule has 0 bridgehead atoms. The molecule has 47 heavy (non-hydrogen) atoms. The van der Waals surface area contributed by atoms with Crippen LogP contribution in [0.2, 0.25) is 5.02 Å². The summed E-state index contributed by atoms with van der Waals surface area (Å²) in [7, 11) is 0. The van der Waals surface area contributed by atoms with Crippen LogP contribution in [-0.2, 0) is 28.9 Å². The zero-order valence-corrected chi connectivity index (χ0v) is 27.8. The molecular weight excluding hydrogens is 684 g/mol. The number of halogens is 2. The molecule has 1 amide bonds. The van der Waals surface area contributed by atoms with E-state index in [1.165, 1.54) is 0 Å². The molecule has 0 aliphatic carbocycles. The van der Waals surface area contributed by atoms with Gasteiger partial charge in [-0.3, -0.25) is 10.2 Å². The summed E-state index contributed by atoms with van der Waals surface area (Å²) in [5, 5.41) is 13.6. The van der Waals surface area contributed by atoms with Gasteiger partial charge in [0.15, 0.2) is 11.6 Å². The second-order valence-corrected chi connectivity index (χ2v) is 12.2. The van der Waals surface area contributed by atoms with Gasteiger partial charge in [0, 0.05) is 46.0 Å². The van der Waals surface area contributed by atoms with Gasteiger partial charge in [-0.15, -0.1) is 0 Å². The lowest BCUT2D eigenvalue weighted by Crippen LogP contribution is -2.54. The Morgan fingerprint density at radius 1 is 1.04 bits per heavy atom. The van der Waals surface area contributed by atoms with E-state index in [1.54, 1.807) is 12.1 Å². The van der Waals surface area contributed by atoms with Crippen molar-refractivity contribution in [1.82, 2.24) is 10.9 Å². The van der Waals surface area contributed by atoms with Crippen LogP contribution in [0.15, 0.2) is 112 Å². The minimum atomic E-state index is -1.46. The van der Waals surface area contributed by atoms with Crippen LogP contribution in [0.1, 0.15) is 40.3 Å². The summed E-state index contributed by atoms with van der Waals surface area (Å²) in [5.41, 5.74) is 17.6. The van der Waals surface area contributed by atoms with Gasteiger partial charge in [0.05, 0.1) is 13.2 Å². The number of aliphatic hydroxyl groups is 1. The minimum Gasteiger partial charge on any atom is -0.494 e. The fraction of sp³-hybridized carbons (Fsp3) is 0.257. The summed E-state index contributed by atoms with van der Waals surface area (Å²) in [5.74, 6) is 0.546. The monoisotopic (exact) mass is 716 g/mol. The van der Waals surface area contributed by atoms with Crippen LogP contribution in [0.5, 0.6) is 5.75 Å². The van der Waals surface area contributed by atoms with Crippen molar-refractivity contribution in [2.45, 2.75) is 37.5 Å². The molecule has 0 saturated carbocycles. The van der Waals surface area contributed by atoms with Gasteiger partial charge in [0.25, 0.3) is 5.91 Å². The molecule has 242 valence electrons. The van der Waals surface area contributed by atoms with Crippen LogP contribution in [-0.4, -0.2) is 42.2 Å². The van der Waals surface area contributed by atoms with Gasteiger partial charge in [-0.25, -0.2) is 10.4 Å². The molecule has 5 rings (SSSR count). The van der Waals surface area contributed by atoms with Crippen LogP contribution in [0, 0.1) is 0 Å². The predicted octanol–water partition coefficient (Wildman–Crippen LogP) is 7.04. The quantitative estimate of drug-likeness (QED) is 0.0398. The molecule has 0 fully saturated rings. The van der Waals surface area contributed by atoms with Gasteiger partial charge < -0.3 is 14.6 Å². The highest BCUT2D eigenvalue weighted by atomic mass is 79.9. The summed E-state index contributed by atoms with van der Waals surface area (Å²) in [6.07, 6.45) is 0.513.